The van der Waals surface area contributed by atoms with Gasteiger partial charge in [0.05, 0.1) is 0 Å². The largest absolute Gasteiger partial charge is 0.399 e. The molecule has 3 rings (SSSR count). The normalized spacial score (nSPS) is 12.2. The molecule has 0 unspecified atom stereocenters. The fourth-order valence-corrected chi connectivity index (χ4v) is 3.44. The fourth-order valence-electron chi connectivity index (χ4n) is 3.44. The van der Waals surface area contributed by atoms with Crippen LogP contribution in [-0.4, -0.2) is 0 Å². The molecule has 3 aromatic carbocycles. The molecule has 4 N–H and O–H groups in total. The molecule has 2 heteroatoms. The zero-order valence-electron chi connectivity index (χ0n) is 16.1. The van der Waals surface area contributed by atoms with Crippen molar-refractivity contribution in [3.63, 3.8) is 0 Å². The molecule has 26 heavy (non-hydrogen) atoms. The molecule has 134 valence electrons. The Balaban J connectivity index is 1.92. The van der Waals surface area contributed by atoms with E-state index in [4.69, 9.17) is 11.5 Å². The van der Waals surface area contributed by atoms with Crippen molar-refractivity contribution in [2.24, 2.45) is 0 Å². The summed E-state index contributed by atoms with van der Waals surface area (Å²) < 4.78 is 0. The van der Waals surface area contributed by atoms with Crippen molar-refractivity contribution in [2.45, 2.75) is 38.5 Å². The molecule has 0 radical (unpaired) electrons. The second-order valence-corrected chi connectivity index (χ2v) is 8.07. The van der Waals surface area contributed by atoms with E-state index in [0.29, 0.717) is 0 Å². The van der Waals surface area contributed by atoms with E-state index in [2.05, 4.69) is 76.2 Å². The van der Waals surface area contributed by atoms with Crippen molar-refractivity contribution in [2.75, 3.05) is 11.5 Å². The third-order valence-corrected chi connectivity index (χ3v) is 5.59. The number of benzene rings is 3. The van der Waals surface area contributed by atoms with E-state index in [1.54, 1.807) is 0 Å². The third kappa shape index (κ3) is 3.32. The van der Waals surface area contributed by atoms with E-state index in [0.717, 1.165) is 11.4 Å². The van der Waals surface area contributed by atoms with Gasteiger partial charge in [-0.2, -0.15) is 0 Å². The minimum Gasteiger partial charge on any atom is -0.399 e. The summed E-state index contributed by atoms with van der Waals surface area (Å²) in [4.78, 5) is 0. The standard InChI is InChI=1S/C24H28N2/c1-23(2,19-9-13-21(25)14-10-19)17-5-7-18(8-6-17)24(3,4)20-11-15-22(26)16-12-20/h5-16H,25-26H2,1-4H3. The van der Waals surface area contributed by atoms with Gasteiger partial charge in [-0.1, -0.05) is 76.2 Å². The van der Waals surface area contributed by atoms with Crippen LogP contribution in [0.5, 0.6) is 0 Å². The number of rotatable bonds is 4. The highest BCUT2D eigenvalue weighted by molar-refractivity contribution is 5.48. The summed E-state index contributed by atoms with van der Waals surface area (Å²) in [6.45, 7) is 8.99. The smallest absolute Gasteiger partial charge is 0.0314 e. The average Bonchev–Trinajstić information content (AvgIpc) is 2.62. The van der Waals surface area contributed by atoms with Gasteiger partial charge >= 0.3 is 0 Å². The van der Waals surface area contributed by atoms with Gasteiger partial charge < -0.3 is 11.5 Å². The SMILES string of the molecule is CC(C)(c1ccc(N)cc1)c1ccc(C(C)(C)c2ccc(N)cc2)cc1. The molecule has 0 aliphatic heterocycles. The highest BCUT2D eigenvalue weighted by Crippen LogP contribution is 2.36. The van der Waals surface area contributed by atoms with Crippen LogP contribution in [-0.2, 0) is 10.8 Å². The van der Waals surface area contributed by atoms with E-state index < -0.39 is 0 Å². The van der Waals surface area contributed by atoms with Gasteiger partial charge in [0.15, 0.2) is 0 Å². The van der Waals surface area contributed by atoms with E-state index in [1.165, 1.54) is 22.3 Å². The summed E-state index contributed by atoms with van der Waals surface area (Å²) in [5.41, 5.74) is 18.2. The van der Waals surface area contributed by atoms with Crippen LogP contribution in [0.2, 0.25) is 0 Å². The molecule has 0 aromatic heterocycles. The Morgan fingerprint density at radius 2 is 0.615 bits per heavy atom. The van der Waals surface area contributed by atoms with E-state index in [-0.39, 0.29) is 10.8 Å². The first-order chi connectivity index (χ1) is 12.2. The summed E-state index contributed by atoms with van der Waals surface area (Å²) in [5, 5.41) is 0. The molecule has 0 saturated carbocycles. The van der Waals surface area contributed by atoms with Crippen molar-refractivity contribution in [3.8, 4) is 0 Å². The lowest BCUT2D eigenvalue weighted by Crippen LogP contribution is -2.21. The first-order valence-corrected chi connectivity index (χ1v) is 9.04. The lowest BCUT2D eigenvalue weighted by atomic mass is 9.74. The second-order valence-electron chi connectivity index (χ2n) is 8.07. The van der Waals surface area contributed by atoms with Crippen LogP contribution in [0.15, 0.2) is 72.8 Å². The lowest BCUT2D eigenvalue weighted by molar-refractivity contribution is 0.626. The minimum atomic E-state index is -0.0719. The summed E-state index contributed by atoms with van der Waals surface area (Å²) in [6.07, 6.45) is 0. The molecule has 0 spiro atoms. The van der Waals surface area contributed by atoms with Crippen molar-refractivity contribution in [1.29, 1.82) is 0 Å². The van der Waals surface area contributed by atoms with E-state index >= 15 is 0 Å². The zero-order chi connectivity index (χ0) is 18.9. The maximum atomic E-state index is 5.83. The van der Waals surface area contributed by atoms with Gasteiger partial charge in [-0.15, -0.1) is 0 Å². The highest BCUT2D eigenvalue weighted by atomic mass is 14.5. The summed E-state index contributed by atoms with van der Waals surface area (Å²) >= 11 is 0. The Kier molecular flexibility index (Phi) is 4.53. The van der Waals surface area contributed by atoms with Crippen LogP contribution < -0.4 is 11.5 Å². The molecule has 0 amide bonds. The molecule has 0 aliphatic rings. The summed E-state index contributed by atoms with van der Waals surface area (Å²) in [6, 6.07) is 25.3. The Morgan fingerprint density at radius 1 is 0.423 bits per heavy atom. The number of anilines is 2. The summed E-state index contributed by atoms with van der Waals surface area (Å²) in [5.74, 6) is 0. The zero-order valence-corrected chi connectivity index (χ0v) is 16.1. The van der Waals surface area contributed by atoms with E-state index in [1.807, 2.05) is 24.3 Å². The van der Waals surface area contributed by atoms with Crippen molar-refractivity contribution >= 4 is 11.4 Å². The average molecular weight is 345 g/mol. The number of nitrogens with two attached hydrogens (primary N) is 2. The minimum absolute atomic E-state index is 0.0719. The summed E-state index contributed by atoms with van der Waals surface area (Å²) in [7, 11) is 0. The van der Waals surface area contributed by atoms with Gasteiger partial charge in [0.25, 0.3) is 0 Å². The quantitative estimate of drug-likeness (QED) is 0.614. The van der Waals surface area contributed by atoms with Crippen LogP contribution >= 0.6 is 0 Å². The molecule has 0 saturated heterocycles. The lowest BCUT2D eigenvalue weighted by Gasteiger charge is -2.29. The Labute approximate surface area is 156 Å². The van der Waals surface area contributed by atoms with Crippen LogP contribution in [0.25, 0.3) is 0 Å². The van der Waals surface area contributed by atoms with Crippen molar-refractivity contribution < 1.29 is 0 Å². The molecule has 0 fully saturated rings. The molecule has 0 heterocycles. The van der Waals surface area contributed by atoms with Crippen LogP contribution in [0.4, 0.5) is 11.4 Å². The van der Waals surface area contributed by atoms with E-state index in [9.17, 15) is 0 Å². The Morgan fingerprint density at radius 3 is 0.846 bits per heavy atom. The maximum Gasteiger partial charge on any atom is 0.0314 e. The fraction of sp³-hybridized carbons (Fsp3) is 0.250. The third-order valence-electron chi connectivity index (χ3n) is 5.59. The topological polar surface area (TPSA) is 52.0 Å². The predicted molar refractivity (Wildman–Crippen MR) is 112 cm³/mol. The van der Waals surface area contributed by atoms with Gasteiger partial charge in [0.2, 0.25) is 0 Å². The molecule has 0 aliphatic carbocycles. The highest BCUT2D eigenvalue weighted by Gasteiger charge is 2.26. The second kappa shape index (κ2) is 6.53. The first kappa shape index (κ1) is 18.1. The number of hydrogen-bond acceptors (Lipinski definition) is 2. The van der Waals surface area contributed by atoms with Gasteiger partial charge in [-0.25, -0.2) is 0 Å². The molecular weight excluding hydrogens is 316 g/mol. The molecule has 0 bridgehead atoms. The molecule has 3 aromatic rings. The molecule has 0 atom stereocenters. The Bertz CT molecular complexity index is 795. The monoisotopic (exact) mass is 344 g/mol. The molecular formula is C24H28N2. The maximum absolute atomic E-state index is 5.83. The van der Waals surface area contributed by atoms with Gasteiger partial charge in [-0.05, 0) is 46.5 Å². The van der Waals surface area contributed by atoms with Crippen LogP contribution in [0, 0.1) is 0 Å². The van der Waals surface area contributed by atoms with Crippen LogP contribution in [0.3, 0.4) is 0 Å². The van der Waals surface area contributed by atoms with Crippen molar-refractivity contribution in [1.82, 2.24) is 0 Å². The van der Waals surface area contributed by atoms with Crippen LogP contribution in [0.1, 0.15) is 49.9 Å². The number of nitrogen functional groups attached to an aromatic ring is 2. The predicted octanol–water partition coefficient (Wildman–Crippen LogP) is 5.50. The van der Waals surface area contributed by atoms with Gasteiger partial charge in [0.1, 0.15) is 0 Å². The van der Waals surface area contributed by atoms with Crippen molar-refractivity contribution in [3.05, 3.63) is 95.1 Å². The van der Waals surface area contributed by atoms with Gasteiger partial charge in [-0.3, -0.25) is 0 Å². The number of hydrogen-bond donors (Lipinski definition) is 2. The van der Waals surface area contributed by atoms with Gasteiger partial charge in [0, 0.05) is 22.2 Å². The molecule has 2 nitrogen and oxygen atoms in total. The first-order valence-electron chi connectivity index (χ1n) is 9.04. The Hall–Kier alpha value is -2.74.